The van der Waals surface area contributed by atoms with E-state index in [1.165, 1.54) is 0 Å². The minimum atomic E-state index is 0.0759. The number of rotatable bonds is 3. The second-order valence-corrected chi connectivity index (χ2v) is 4.37. The standard InChI is InChI=1S/C12H14N8/c13-11-9-10(8-7(19-11)2-1-3-16-8)20(6-18-9)5-4-17-12(14)15/h1-3,6H,4-5H2,(H6,13,14,15,17,19)/p+1. The van der Waals surface area contributed by atoms with Crippen LogP contribution in [-0.4, -0.2) is 27.5 Å². The highest BCUT2D eigenvalue weighted by molar-refractivity contribution is 6.01. The molecule has 8 heteroatoms. The van der Waals surface area contributed by atoms with Crippen molar-refractivity contribution in [3.8, 4) is 0 Å². The Labute approximate surface area is 114 Å². The fourth-order valence-electron chi connectivity index (χ4n) is 2.18. The second-order valence-electron chi connectivity index (χ2n) is 4.37. The van der Waals surface area contributed by atoms with E-state index in [1.54, 1.807) is 6.33 Å². The molecule has 20 heavy (non-hydrogen) atoms. The fourth-order valence-corrected chi connectivity index (χ4v) is 2.18. The molecule has 7 N–H and O–H groups in total. The third-order valence-corrected chi connectivity index (χ3v) is 3.03. The topological polar surface area (TPSA) is 136 Å². The zero-order valence-electron chi connectivity index (χ0n) is 10.7. The number of guanidine groups is 1. The lowest BCUT2D eigenvalue weighted by Gasteiger charge is -2.01. The van der Waals surface area contributed by atoms with Gasteiger partial charge >= 0.3 is 0 Å². The largest absolute Gasteiger partial charge is 0.380 e. The molecule has 0 aliphatic rings. The van der Waals surface area contributed by atoms with Crippen LogP contribution in [-0.2, 0) is 6.54 Å². The molecular formula is C12H15N8+. The van der Waals surface area contributed by atoms with Gasteiger partial charge < -0.3 is 22.2 Å². The number of fused-ring (bicyclic) bond motifs is 3. The summed E-state index contributed by atoms with van der Waals surface area (Å²) in [5, 5.41) is 0. The number of aliphatic imine (C=N–C) groups is 1. The van der Waals surface area contributed by atoms with Gasteiger partial charge in [0, 0.05) is 6.20 Å². The number of pyridine rings is 2. The zero-order valence-corrected chi connectivity index (χ0v) is 10.7. The minimum Gasteiger partial charge on any atom is -0.380 e. The number of aromatic nitrogens is 4. The number of nitrogens with zero attached hydrogens (tertiary/aromatic N) is 4. The summed E-state index contributed by atoms with van der Waals surface area (Å²) < 4.78 is 1.96. The van der Waals surface area contributed by atoms with Crippen molar-refractivity contribution in [3.63, 3.8) is 0 Å². The SMILES string of the molecule is NC(N)=NCC[n+]1cnc2c(N)nc3ccc[nH]c3c21. The highest BCUT2D eigenvalue weighted by atomic mass is 15.1. The van der Waals surface area contributed by atoms with Gasteiger partial charge in [-0.15, -0.1) is 0 Å². The van der Waals surface area contributed by atoms with Crippen molar-refractivity contribution in [2.45, 2.75) is 6.54 Å². The first-order valence-corrected chi connectivity index (χ1v) is 6.13. The molecule has 0 aliphatic heterocycles. The average Bonchev–Trinajstić information content (AvgIpc) is 2.83. The number of anilines is 1. The van der Waals surface area contributed by atoms with Gasteiger partial charge in [0.2, 0.25) is 5.52 Å². The van der Waals surface area contributed by atoms with E-state index in [0.29, 0.717) is 24.4 Å². The van der Waals surface area contributed by atoms with E-state index < -0.39 is 0 Å². The summed E-state index contributed by atoms with van der Waals surface area (Å²) in [6.07, 6.45) is 3.55. The van der Waals surface area contributed by atoms with Crippen LogP contribution in [0.25, 0.3) is 22.1 Å². The van der Waals surface area contributed by atoms with Crippen molar-refractivity contribution in [2.75, 3.05) is 12.3 Å². The van der Waals surface area contributed by atoms with Crippen LogP contribution in [0.1, 0.15) is 0 Å². The number of hydrogen-bond donors (Lipinski definition) is 4. The molecule has 0 atom stereocenters. The first-order valence-electron chi connectivity index (χ1n) is 6.13. The fraction of sp³-hybridized carbons (Fsp3) is 0.167. The van der Waals surface area contributed by atoms with E-state index in [9.17, 15) is 0 Å². The third kappa shape index (κ3) is 1.96. The molecule has 3 heterocycles. The molecule has 0 bridgehead atoms. The van der Waals surface area contributed by atoms with Crippen molar-refractivity contribution in [1.82, 2.24) is 15.0 Å². The lowest BCUT2D eigenvalue weighted by molar-refractivity contribution is -0.667. The number of nitrogen functional groups attached to an aromatic ring is 1. The van der Waals surface area contributed by atoms with Crippen LogP contribution < -0.4 is 21.8 Å². The van der Waals surface area contributed by atoms with Crippen LogP contribution in [0, 0.1) is 0 Å². The van der Waals surface area contributed by atoms with Crippen LogP contribution >= 0.6 is 0 Å². The highest BCUT2D eigenvalue weighted by Crippen LogP contribution is 2.21. The number of imidazole rings is 1. The Morgan fingerprint density at radius 1 is 1.40 bits per heavy atom. The highest BCUT2D eigenvalue weighted by Gasteiger charge is 2.20. The van der Waals surface area contributed by atoms with E-state index in [1.807, 2.05) is 22.9 Å². The van der Waals surface area contributed by atoms with Crippen LogP contribution in [0.2, 0.25) is 0 Å². The molecule has 8 nitrogen and oxygen atoms in total. The van der Waals surface area contributed by atoms with E-state index >= 15 is 0 Å². The van der Waals surface area contributed by atoms with Crippen LogP contribution in [0.4, 0.5) is 5.82 Å². The molecule has 0 aromatic carbocycles. The maximum Gasteiger partial charge on any atom is 0.287 e. The zero-order chi connectivity index (χ0) is 14.1. The Morgan fingerprint density at radius 2 is 2.25 bits per heavy atom. The van der Waals surface area contributed by atoms with Crippen molar-refractivity contribution in [3.05, 3.63) is 24.7 Å². The summed E-state index contributed by atoms with van der Waals surface area (Å²) in [6, 6.07) is 3.77. The summed E-state index contributed by atoms with van der Waals surface area (Å²) in [5.74, 6) is 0.486. The molecule has 0 radical (unpaired) electrons. The Kier molecular flexibility index (Phi) is 2.82. The van der Waals surface area contributed by atoms with Gasteiger partial charge in [-0.25, -0.2) is 14.5 Å². The summed E-state index contributed by atoms with van der Waals surface area (Å²) in [4.78, 5) is 15.8. The number of H-pyrrole nitrogens is 1. The Morgan fingerprint density at radius 3 is 3.05 bits per heavy atom. The normalized spacial score (nSPS) is 11.0. The molecule has 3 aromatic heterocycles. The van der Waals surface area contributed by atoms with Crippen molar-refractivity contribution in [1.29, 1.82) is 0 Å². The second kappa shape index (κ2) is 4.65. The Balaban J connectivity index is 2.16. The minimum absolute atomic E-state index is 0.0759. The molecule has 0 amide bonds. The molecule has 0 saturated heterocycles. The molecule has 0 aliphatic carbocycles. The molecule has 0 fully saturated rings. The maximum atomic E-state index is 5.94. The van der Waals surface area contributed by atoms with Crippen molar-refractivity contribution in [2.24, 2.45) is 16.5 Å². The maximum absolute atomic E-state index is 5.94. The molecule has 0 unspecified atom stereocenters. The summed E-state index contributed by atoms with van der Waals surface area (Å²) in [6.45, 7) is 1.08. The van der Waals surface area contributed by atoms with E-state index in [0.717, 1.165) is 16.6 Å². The average molecular weight is 271 g/mol. The number of nitrogens with one attached hydrogen (secondary N) is 1. The first kappa shape index (κ1) is 12.2. The van der Waals surface area contributed by atoms with Gasteiger partial charge in [-0.2, -0.15) is 0 Å². The summed E-state index contributed by atoms with van der Waals surface area (Å²) in [7, 11) is 0. The molecule has 102 valence electrons. The number of nitrogens with two attached hydrogens (primary N) is 3. The van der Waals surface area contributed by atoms with Gasteiger partial charge in [0.1, 0.15) is 12.1 Å². The van der Waals surface area contributed by atoms with E-state index in [4.69, 9.17) is 17.2 Å². The van der Waals surface area contributed by atoms with Crippen LogP contribution in [0.5, 0.6) is 0 Å². The van der Waals surface area contributed by atoms with Gasteiger partial charge in [-0.1, -0.05) is 0 Å². The van der Waals surface area contributed by atoms with Crippen molar-refractivity contribution >= 4 is 33.8 Å². The number of aromatic amines is 1. The Bertz CT molecular complexity index is 800. The van der Waals surface area contributed by atoms with Gasteiger partial charge in [-0.05, 0) is 17.1 Å². The number of hydrogen-bond acceptors (Lipinski definition) is 4. The smallest absolute Gasteiger partial charge is 0.287 e. The lowest BCUT2D eigenvalue weighted by atomic mass is 10.2. The molecule has 0 saturated carbocycles. The quantitative estimate of drug-likeness (QED) is 0.282. The van der Waals surface area contributed by atoms with Crippen LogP contribution in [0.15, 0.2) is 29.6 Å². The van der Waals surface area contributed by atoms with Gasteiger partial charge in [0.15, 0.2) is 11.8 Å². The monoisotopic (exact) mass is 271 g/mol. The van der Waals surface area contributed by atoms with Crippen LogP contribution in [0.3, 0.4) is 0 Å². The molecule has 0 spiro atoms. The summed E-state index contributed by atoms with van der Waals surface area (Å²) in [5.41, 5.74) is 19.8. The van der Waals surface area contributed by atoms with Gasteiger partial charge in [-0.3, -0.25) is 0 Å². The van der Waals surface area contributed by atoms with Crippen molar-refractivity contribution < 1.29 is 4.57 Å². The predicted octanol–water partition coefficient (Wildman–Crippen LogP) is -0.746. The van der Waals surface area contributed by atoms with Gasteiger partial charge in [0.05, 0.1) is 12.1 Å². The molecule has 3 aromatic rings. The van der Waals surface area contributed by atoms with E-state index in [-0.39, 0.29) is 5.96 Å². The first-order chi connectivity index (χ1) is 9.66. The third-order valence-electron chi connectivity index (χ3n) is 3.03. The molecule has 3 rings (SSSR count). The van der Waals surface area contributed by atoms with Gasteiger partial charge in [0.25, 0.3) is 11.8 Å². The Hall–Kier alpha value is -2.90. The lowest BCUT2D eigenvalue weighted by Crippen LogP contribution is -2.35. The predicted molar refractivity (Wildman–Crippen MR) is 76.7 cm³/mol. The summed E-state index contributed by atoms with van der Waals surface area (Å²) >= 11 is 0. The molecular weight excluding hydrogens is 256 g/mol. The van der Waals surface area contributed by atoms with E-state index in [2.05, 4.69) is 19.9 Å².